The van der Waals surface area contributed by atoms with E-state index < -0.39 is 36.0 Å². The number of nitrogens with zero attached hydrogens (tertiary/aromatic N) is 3. The van der Waals surface area contributed by atoms with Gasteiger partial charge < -0.3 is 29.0 Å². The summed E-state index contributed by atoms with van der Waals surface area (Å²) in [6, 6.07) is 14.4. The summed E-state index contributed by atoms with van der Waals surface area (Å²) in [4.78, 5) is 55.7. The molecule has 45 heavy (non-hydrogen) atoms. The lowest BCUT2D eigenvalue weighted by atomic mass is 10.00. The fourth-order valence-electron chi connectivity index (χ4n) is 5.77. The molecule has 3 fully saturated rings. The van der Waals surface area contributed by atoms with Gasteiger partial charge >= 0.3 is 11.9 Å². The number of carbonyl (C=O) groups excluding carboxylic acids is 4. The van der Waals surface area contributed by atoms with Crippen LogP contribution in [-0.2, 0) is 19.1 Å². The molecule has 236 valence electrons. The predicted octanol–water partition coefficient (Wildman–Crippen LogP) is 3.90. The van der Waals surface area contributed by atoms with E-state index in [0.29, 0.717) is 42.5 Å². The maximum Gasteiger partial charge on any atom is 0.338 e. The number of cyclic esters (lactones) is 1. The summed E-state index contributed by atoms with van der Waals surface area (Å²) in [5.74, 6) is -0.611. The lowest BCUT2D eigenvalue weighted by Crippen LogP contribution is -2.46. The highest BCUT2D eigenvalue weighted by Gasteiger charge is 2.36. The van der Waals surface area contributed by atoms with Crippen LogP contribution in [0.4, 0.5) is 0 Å². The second kappa shape index (κ2) is 13.1. The van der Waals surface area contributed by atoms with Crippen molar-refractivity contribution in [2.75, 3.05) is 19.7 Å². The van der Waals surface area contributed by atoms with Crippen molar-refractivity contribution in [1.82, 2.24) is 20.4 Å². The first-order valence-corrected chi connectivity index (χ1v) is 15.4. The number of carbonyl (C=O) groups is 4. The number of ether oxygens (including phenoxy) is 3. The Balaban J connectivity index is 1.10. The largest absolute Gasteiger partial charge is 0.484 e. The minimum atomic E-state index is -0.556. The third kappa shape index (κ3) is 7.33. The van der Waals surface area contributed by atoms with E-state index in [0.717, 1.165) is 5.56 Å². The van der Waals surface area contributed by atoms with Gasteiger partial charge in [0.15, 0.2) is 0 Å². The van der Waals surface area contributed by atoms with Crippen molar-refractivity contribution in [3.8, 4) is 5.75 Å². The zero-order valence-electron chi connectivity index (χ0n) is 25.3. The van der Waals surface area contributed by atoms with Crippen LogP contribution in [0.25, 0.3) is 0 Å². The molecule has 1 N–H and O–H groups in total. The van der Waals surface area contributed by atoms with E-state index in [4.69, 9.17) is 18.7 Å². The number of benzene rings is 2. The lowest BCUT2D eigenvalue weighted by molar-refractivity contribution is -0.139. The van der Waals surface area contributed by atoms with Crippen LogP contribution in [0.3, 0.4) is 0 Å². The highest BCUT2D eigenvalue weighted by molar-refractivity contribution is 5.91. The van der Waals surface area contributed by atoms with Crippen molar-refractivity contribution < 1.29 is 37.9 Å². The van der Waals surface area contributed by atoms with Crippen molar-refractivity contribution in [1.29, 1.82) is 0 Å². The molecular weight excluding hydrogens is 580 g/mol. The van der Waals surface area contributed by atoms with E-state index in [-0.39, 0.29) is 37.3 Å². The van der Waals surface area contributed by atoms with Gasteiger partial charge in [-0.05, 0) is 73.9 Å². The van der Waals surface area contributed by atoms with Crippen LogP contribution in [0.1, 0.15) is 89.0 Å². The first-order chi connectivity index (χ1) is 21.7. The van der Waals surface area contributed by atoms with Crippen molar-refractivity contribution in [2.45, 2.75) is 70.1 Å². The van der Waals surface area contributed by atoms with Gasteiger partial charge in [0.25, 0.3) is 11.7 Å². The first-order valence-electron chi connectivity index (χ1n) is 15.4. The number of esters is 2. The van der Waals surface area contributed by atoms with Crippen LogP contribution in [0.5, 0.6) is 5.75 Å². The Bertz CT molecular complexity index is 1550. The van der Waals surface area contributed by atoms with E-state index in [1.165, 1.54) is 18.4 Å². The molecule has 2 saturated heterocycles. The monoisotopic (exact) mass is 616 g/mol. The Labute approximate surface area is 260 Å². The van der Waals surface area contributed by atoms with Crippen molar-refractivity contribution in [2.24, 2.45) is 5.92 Å². The number of aromatic nitrogens is 2. The third-order valence-corrected chi connectivity index (χ3v) is 8.38. The van der Waals surface area contributed by atoms with Crippen LogP contribution in [0.2, 0.25) is 0 Å². The Morgan fingerprint density at radius 3 is 2.44 bits per heavy atom. The quantitative estimate of drug-likeness (QED) is 0.332. The Morgan fingerprint density at radius 1 is 1.04 bits per heavy atom. The van der Waals surface area contributed by atoms with E-state index in [1.807, 2.05) is 19.1 Å². The van der Waals surface area contributed by atoms with Crippen molar-refractivity contribution in [3.05, 3.63) is 76.9 Å². The molecule has 3 aliphatic rings. The molecule has 0 radical (unpaired) electrons. The molecule has 6 rings (SSSR count). The fourth-order valence-corrected chi connectivity index (χ4v) is 5.77. The van der Waals surface area contributed by atoms with Gasteiger partial charge in [0.1, 0.15) is 24.6 Å². The molecule has 2 aromatic carbocycles. The highest BCUT2D eigenvalue weighted by Crippen LogP contribution is 2.40. The maximum atomic E-state index is 13.0. The summed E-state index contributed by atoms with van der Waals surface area (Å²) >= 11 is 0. The summed E-state index contributed by atoms with van der Waals surface area (Å²) in [6.07, 6.45) is 2.82. The van der Waals surface area contributed by atoms with E-state index >= 15 is 0 Å². The minimum Gasteiger partial charge on any atom is -0.484 e. The molecule has 12 heteroatoms. The maximum absolute atomic E-state index is 13.0. The molecule has 3 aromatic rings. The molecule has 4 atom stereocenters. The molecule has 1 aliphatic carbocycles. The summed E-state index contributed by atoms with van der Waals surface area (Å²) in [6.45, 7) is 4.39. The van der Waals surface area contributed by atoms with Gasteiger partial charge in [-0.15, -0.1) is 0 Å². The van der Waals surface area contributed by atoms with Gasteiger partial charge in [-0.2, -0.15) is 4.98 Å². The number of likely N-dealkylation sites (tertiary alicyclic amines) is 1. The molecule has 12 nitrogen and oxygen atoms in total. The Morgan fingerprint density at radius 2 is 1.80 bits per heavy atom. The van der Waals surface area contributed by atoms with E-state index in [1.54, 1.807) is 36.1 Å². The van der Waals surface area contributed by atoms with Crippen molar-refractivity contribution in [3.63, 3.8) is 0 Å². The number of aryl methyl sites for hydroxylation is 1. The summed E-state index contributed by atoms with van der Waals surface area (Å²) in [5.41, 5.74) is 2.51. The van der Waals surface area contributed by atoms with Crippen LogP contribution in [0.15, 0.2) is 53.1 Å². The second-order valence-electron chi connectivity index (χ2n) is 11.9. The normalized spacial score (nSPS) is 21.0. The van der Waals surface area contributed by atoms with Gasteiger partial charge in [-0.1, -0.05) is 29.4 Å². The van der Waals surface area contributed by atoms with Gasteiger partial charge in [-0.25, -0.2) is 4.79 Å². The summed E-state index contributed by atoms with van der Waals surface area (Å²) < 4.78 is 22.0. The summed E-state index contributed by atoms with van der Waals surface area (Å²) in [7, 11) is 0. The number of rotatable bonds is 10. The van der Waals surface area contributed by atoms with Gasteiger partial charge in [0.2, 0.25) is 11.8 Å². The lowest BCUT2D eigenvalue weighted by Gasteiger charge is -2.33. The molecule has 3 heterocycles. The number of piperidine rings is 1. The van der Waals surface area contributed by atoms with Crippen LogP contribution in [-0.4, -0.2) is 70.6 Å². The number of hydrogen-bond donors (Lipinski definition) is 1. The van der Waals surface area contributed by atoms with Crippen LogP contribution in [0, 0.1) is 12.8 Å². The third-order valence-electron chi connectivity index (χ3n) is 8.38. The number of amides is 2. The van der Waals surface area contributed by atoms with Crippen LogP contribution >= 0.6 is 0 Å². The number of nitrogens with one attached hydrogen (secondary N) is 1. The minimum absolute atomic E-state index is 0.0573. The molecule has 0 unspecified atom stereocenters. The average Bonchev–Trinajstić information content (AvgIpc) is 3.66. The predicted molar refractivity (Wildman–Crippen MR) is 158 cm³/mol. The molecule has 1 saturated carbocycles. The molecule has 0 spiro atoms. The van der Waals surface area contributed by atoms with E-state index in [9.17, 15) is 19.2 Å². The fraction of sp³-hybridized carbons (Fsp3) is 0.455. The molecular formula is C33H36N4O8. The van der Waals surface area contributed by atoms with Gasteiger partial charge in [0, 0.05) is 13.5 Å². The standard InChI is InChI=1S/C33H36N4O8/c1-19(34-31(39)30-35-20(2)45-36-30)29(23-9-7-22(8-10-23)21-5-6-21)43-26-13-11-24(12-14-26)33(41)44-27-4-3-15-37(17-27)32(40)25-16-28(38)42-18-25/h7-14,19,21,25,27,29H,3-6,15-18H2,1-2H3,(H,34,39)/t19-,25+,27-,29-/m0/s1. The topological polar surface area (TPSA) is 150 Å². The molecule has 1 aromatic heterocycles. The first kappa shape index (κ1) is 30.3. The van der Waals surface area contributed by atoms with Crippen LogP contribution < -0.4 is 10.1 Å². The second-order valence-corrected chi connectivity index (χ2v) is 11.9. The molecule has 2 aliphatic heterocycles. The SMILES string of the molecule is Cc1nc(C(=O)N[C@@H](C)[C@H](Oc2ccc(C(=O)O[C@H]3CCCN(C(=O)[C@H]4COC(=O)C4)C3)cc2)c2ccc(C3CC3)cc2)no1. The molecule has 0 bridgehead atoms. The van der Waals surface area contributed by atoms with Gasteiger partial charge in [-0.3, -0.25) is 14.4 Å². The highest BCUT2D eigenvalue weighted by atomic mass is 16.5. The Hall–Kier alpha value is -4.74. The van der Waals surface area contributed by atoms with Gasteiger partial charge in [0.05, 0.1) is 30.5 Å². The molecule has 2 amide bonds. The van der Waals surface area contributed by atoms with E-state index in [2.05, 4.69) is 27.6 Å². The Kier molecular flexibility index (Phi) is 8.81. The smallest absolute Gasteiger partial charge is 0.338 e. The average molecular weight is 617 g/mol. The number of hydrogen-bond acceptors (Lipinski definition) is 10. The zero-order chi connectivity index (χ0) is 31.5. The summed E-state index contributed by atoms with van der Waals surface area (Å²) in [5, 5.41) is 6.61. The zero-order valence-corrected chi connectivity index (χ0v) is 25.3. The van der Waals surface area contributed by atoms with Crippen molar-refractivity contribution >= 4 is 23.8 Å².